The molecule has 0 unspecified atom stereocenters. The maximum absolute atomic E-state index is 6.08. The number of allylic oxidation sites excluding steroid dienone is 1. The summed E-state index contributed by atoms with van der Waals surface area (Å²) in [5, 5.41) is 2.08. The molecule has 0 saturated heterocycles. The summed E-state index contributed by atoms with van der Waals surface area (Å²) in [6, 6.07) is 33.2. The molecule has 7 aromatic rings. The Morgan fingerprint density at radius 2 is 1.76 bits per heavy atom. The van der Waals surface area contributed by atoms with Crippen LogP contribution in [0.5, 0.6) is 0 Å². The van der Waals surface area contributed by atoms with Crippen LogP contribution in [0.25, 0.3) is 61.8 Å². The number of pyridine rings is 2. The Balaban J connectivity index is 0.000000160. The first-order valence-electron chi connectivity index (χ1n) is 15.0. The Morgan fingerprint density at radius 1 is 0.889 bits per heavy atom. The maximum Gasteiger partial charge on any atom is 0.216 e. The van der Waals surface area contributed by atoms with Crippen LogP contribution in [0, 0.1) is 24.5 Å². The van der Waals surface area contributed by atoms with Gasteiger partial charge in [-0.15, -0.1) is 54.1 Å². The molecule has 0 aliphatic carbocycles. The molecule has 0 N–H and O–H groups in total. The van der Waals surface area contributed by atoms with E-state index in [2.05, 4.69) is 103 Å². The van der Waals surface area contributed by atoms with Crippen LogP contribution in [-0.4, -0.2) is 19.5 Å². The van der Waals surface area contributed by atoms with E-state index in [9.17, 15) is 0 Å². The molecule has 1 aliphatic rings. The summed E-state index contributed by atoms with van der Waals surface area (Å²) < 4.78 is 8.37. The van der Waals surface area contributed by atoms with Gasteiger partial charge in [0.1, 0.15) is 0 Å². The molecule has 5 heterocycles. The molecule has 4 aromatic heterocycles. The van der Waals surface area contributed by atoms with E-state index in [-0.39, 0.29) is 25.5 Å². The summed E-state index contributed by atoms with van der Waals surface area (Å²) in [5.74, 6) is 1.01. The monoisotopic (exact) mass is 767 g/mol. The molecule has 1 radical (unpaired) electrons. The predicted molar refractivity (Wildman–Crippen MR) is 179 cm³/mol. The second kappa shape index (κ2) is 12.2. The summed E-state index contributed by atoms with van der Waals surface area (Å²) >= 11 is 0. The Hall–Kier alpha value is -4.38. The number of imidazole rings is 1. The Bertz CT molecular complexity index is 2180. The van der Waals surface area contributed by atoms with E-state index in [1.165, 1.54) is 22.2 Å². The van der Waals surface area contributed by atoms with Gasteiger partial charge in [-0.05, 0) is 61.2 Å². The minimum absolute atomic E-state index is 0. The molecule has 227 valence electrons. The van der Waals surface area contributed by atoms with Crippen molar-refractivity contribution < 1.29 is 24.5 Å². The quantitative estimate of drug-likeness (QED) is 0.168. The number of fused-ring (bicyclic) bond motifs is 3. The van der Waals surface area contributed by atoms with Gasteiger partial charge in [0.2, 0.25) is 5.71 Å². The molecule has 0 atom stereocenters. The fourth-order valence-electron chi connectivity index (χ4n) is 6.02. The molecule has 8 rings (SSSR count). The molecule has 45 heavy (non-hydrogen) atoms. The zero-order chi connectivity index (χ0) is 30.4. The number of hydrogen-bond acceptors (Lipinski definition) is 4. The zero-order valence-corrected chi connectivity index (χ0v) is 28.5. The second-order valence-corrected chi connectivity index (χ2v) is 12.8. The summed E-state index contributed by atoms with van der Waals surface area (Å²) in [6.07, 6.45) is 5.12. The van der Waals surface area contributed by atoms with Crippen LogP contribution in [0.4, 0.5) is 0 Å². The van der Waals surface area contributed by atoms with Crippen LogP contribution in [0.3, 0.4) is 0 Å². The number of para-hydroxylation sites is 1. The summed E-state index contributed by atoms with van der Waals surface area (Å²) in [6.45, 7) is 11.8. The van der Waals surface area contributed by atoms with Crippen molar-refractivity contribution in [1.29, 1.82) is 0 Å². The van der Waals surface area contributed by atoms with E-state index in [0.29, 0.717) is 5.71 Å². The number of aromatic nitrogens is 4. The molecule has 0 saturated carbocycles. The van der Waals surface area contributed by atoms with Crippen molar-refractivity contribution in [2.45, 2.75) is 47.6 Å². The van der Waals surface area contributed by atoms with Gasteiger partial charge in [-0.1, -0.05) is 67.1 Å². The van der Waals surface area contributed by atoms with Crippen molar-refractivity contribution in [3.63, 3.8) is 0 Å². The normalized spacial score (nSPS) is 12.5. The first-order valence-corrected chi connectivity index (χ1v) is 15.0. The smallest absolute Gasteiger partial charge is 0.216 e. The van der Waals surface area contributed by atoms with Crippen LogP contribution < -0.4 is 0 Å². The van der Waals surface area contributed by atoms with Crippen molar-refractivity contribution in [1.82, 2.24) is 19.5 Å². The van der Waals surface area contributed by atoms with Gasteiger partial charge in [-0.3, -0.25) is 4.98 Å². The number of hydrogen-bond donors (Lipinski definition) is 0. The Kier molecular flexibility index (Phi) is 8.30. The topological polar surface area (TPSA) is 56.7 Å². The van der Waals surface area contributed by atoms with E-state index in [4.69, 9.17) is 9.40 Å². The van der Waals surface area contributed by atoms with Gasteiger partial charge >= 0.3 is 0 Å². The standard InChI is InChI=1S/C22H21N2O.C17H13N2.Ir/c1-14-8-9-17-16-6-5-7-18(20(16)25-21(17)24-14)19-12-15(10-11-23-19)13-22(2,3)4;1-12-10-14-8-5-9-15-16(14)19(11-12)17(18-15)13-6-3-2-4-7-13;/h5-6,8-12H,13H2,1-4H3;2-6,8-10H,11H2,1H3;/q2*-1;. The van der Waals surface area contributed by atoms with Crippen molar-refractivity contribution >= 4 is 39.2 Å². The molecular formula is C39H34IrN4O-2. The van der Waals surface area contributed by atoms with Crippen molar-refractivity contribution in [3.8, 4) is 22.6 Å². The number of nitrogens with zero attached hydrogens (tertiary/aromatic N) is 4. The summed E-state index contributed by atoms with van der Waals surface area (Å²) in [5.41, 5.74) is 11.7. The first kappa shape index (κ1) is 30.6. The minimum Gasteiger partial charge on any atom is -0.486 e. The number of furan rings is 1. The third-order valence-corrected chi connectivity index (χ3v) is 7.81. The molecule has 0 fully saturated rings. The Morgan fingerprint density at radius 3 is 2.56 bits per heavy atom. The van der Waals surface area contributed by atoms with E-state index in [0.717, 1.165) is 63.2 Å². The largest absolute Gasteiger partial charge is 0.486 e. The molecule has 0 spiro atoms. The average molecular weight is 767 g/mol. The number of rotatable bonds is 3. The van der Waals surface area contributed by atoms with Gasteiger partial charge in [-0.25, -0.2) is 4.98 Å². The zero-order valence-electron chi connectivity index (χ0n) is 26.1. The molecule has 3 aromatic carbocycles. The second-order valence-electron chi connectivity index (χ2n) is 12.8. The SMILES string of the molecule is CC1=Cc2cccc3nc(-c4[c-]cccc4)n(c23)C1.Cc1ccc2c(n1)oc1c(-c3cc(CC(C)(C)C)ccn3)[c-]ccc12.[Ir]. The van der Waals surface area contributed by atoms with Gasteiger partial charge in [0.15, 0.2) is 0 Å². The van der Waals surface area contributed by atoms with Gasteiger partial charge in [-0.2, -0.15) is 0 Å². The number of benzene rings is 3. The molecule has 0 amide bonds. The van der Waals surface area contributed by atoms with Crippen LogP contribution in [0.15, 0.2) is 95.0 Å². The van der Waals surface area contributed by atoms with Crippen molar-refractivity contribution in [3.05, 3.63) is 120 Å². The van der Waals surface area contributed by atoms with E-state index in [1.807, 2.05) is 49.5 Å². The fraction of sp³-hybridized carbons (Fsp3) is 0.205. The van der Waals surface area contributed by atoms with Crippen LogP contribution >= 0.6 is 0 Å². The van der Waals surface area contributed by atoms with Crippen molar-refractivity contribution in [2.75, 3.05) is 0 Å². The van der Waals surface area contributed by atoms with Gasteiger partial charge in [0.25, 0.3) is 0 Å². The number of aryl methyl sites for hydroxylation is 1. The average Bonchev–Trinajstić information content (AvgIpc) is 3.56. The van der Waals surface area contributed by atoms with Crippen LogP contribution in [0.2, 0.25) is 0 Å². The van der Waals surface area contributed by atoms with Crippen molar-refractivity contribution in [2.24, 2.45) is 5.41 Å². The van der Waals surface area contributed by atoms with E-state index >= 15 is 0 Å². The Labute approximate surface area is 277 Å². The molecular weight excluding hydrogens is 733 g/mol. The first-order chi connectivity index (χ1) is 21.2. The van der Waals surface area contributed by atoms with Gasteiger partial charge < -0.3 is 14.0 Å². The van der Waals surface area contributed by atoms with Gasteiger partial charge in [0.05, 0.1) is 22.4 Å². The third kappa shape index (κ3) is 6.13. The van der Waals surface area contributed by atoms with Gasteiger partial charge in [0, 0.05) is 43.9 Å². The van der Waals surface area contributed by atoms with E-state index < -0.39 is 0 Å². The maximum atomic E-state index is 6.08. The van der Waals surface area contributed by atoms with Crippen LogP contribution in [0.1, 0.15) is 44.5 Å². The van der Waals surface area contributed by atoms with Crippen LogP contribution in [-0.2, 0) is 33.1 Å². The fourth-order valence-corrected chi connectivity index (χ4v) is 6.02. The molecule has 5 nitrogen and oxygen atoms in total. The summed E-state index contributed by atoms with van der Waals surface area (Å²) in [7, 11) is 0. The molecule has 1 aliphatic heterocycles. The minimum atomic E-state index is 0. The molecule has 0 bridgehead atoms. The third-order valence-electron chi connectivity index (χ3n) is 7.81. The predicted octanol–water partition coefficient (Wildman–Crippen LogP) is 9.66. The summed E-state index contributed by atoms with van der Waals surface area (Å²) in [4.78, 5) is 13.9. The van der Waals surface area contributed by atoms with E-state index in [1.54, 1.807) is 0 Å². The molecule has 6 heteroatoms.